The van der Waals surface area contributed by atoms with Crippen LogP contribution >= 0.6 is 0 Å². The van der Waals surface area contributed by atoms with E-state index in [2.05, 4.69) is 5.32 Å². The minimum absolute atomic E-state index is 0.0136. The van der Waals surface area contributed by atoms with E-state index in [1.165, 1.54) is 0 Å². The summed E-state index contributed by atoms with van der Waals surface area (Å²) in [6, 6.07) is 8.42. The van der Waals surface area contributed by atoms with Crippen LogP contribution in [0.15, 0.2) is 30.3 Å². The molecule has 1 aromatic carbocycles. The Hall–Kier alpha value is -1.56. The highest BCUT2D eigenvalue weighted by atomic mass is 19.4. The third-order valence-electron chi connectivity index (χ3n) is 3.33. The van der Waals surface area contributed by atoms with Crippen molar-refractivity contribution in [3.63, 3.8) is 0 Å². The standard InChI is InChI=1S/C14H17F3N2O/c15-14(16,17)10-18-12(11-5-2-1-3-6-11)9-19-8-4-7-13(19)20/h1-3,5-6,12,18H,4,7-10H2. The molecule has 1 fully saturated rings. The molecule has 0 aliphatic carbocycles. The average Bonchev–Trinajstić information content (AvgIpc) is 2.80. The molecule has 1 saturated heterocycles. The van der Waals surface area contributed by atoms with Gasteiger partial charge in [0.2, 0.25) is 5.91 Å². The van der Waals surface area contributed by atoms with Crippen LogP contribution in [0.2, 0.25) is 0 Å². The Labute approximate surface area is 115 Å². The summed E-state index contributed by atoms with van der Waals surface area (Å²) in [5.41, 5.74) is 0.761. The van der Waals surface area contributed by atoms with Crippen LogP contribution in [0.1, 0.15) is 24.4 Å². The Morgan fingerprint density at radius 3 is 2.50 bits per heavy atom. The number of alkyl halides is 3. The van der Waals surface area contributed by atoms with Gasteiger partial charge in [0.15, 0.2) is 0 Å². The highest BCUT2D eigenvalue weighted by molar-refractivity contribution is 5.78. The van der Waals surface area contributed by atoms with E-state index in [0.29, 0.717) is 13.0 Å². The van der Waals surface area contributed by atoms with Crippen LogP contribution in [-0.2, 0) is 4.79 Å². The number of carbonyl (C=O) groups is 1. The van der Waals surface area contributed by atoms with Crippen LogP contribution in [0.5, 0.6) is 0 Å². The van der Waals surface area contributed by atoms with E-state index in [9.17, 15) is 18.0 Å². The quantitative estimate of drug-likeness (QED) is 0.902. The molecule has 1 aliphatic rings. The second kappa shape index (κ2) is 6.26. The van der Waals surface area contributed by atoms with Gasteiger partial charge in [0, 0.05) is 19.5 Å². The van der Waals surface area contributed by atoms with Crippen LogP contribution in [0.3, 0.4) is 0 Å². The lowest BCUT2D eigenvalue weighted by molar-refractivity contribution is -0.129. The second-order valence-corrected chi connectivity index (χ2v) is 4.90. The summed E-state index contributed by atoms with van der Waals surface area (Å²) in [6.07, 6.45) is -3.00. The van der Waals surface area contributed by atoms with Gasteiger partial charge in [-0.05, 0) is 12.0 Å². The van der Waals surface area contributed by atoms with E-state index in [0.717, 1.165) is 12.0 Å². The van der Waals surface area contributed by atoms with Gasteiger partial charge in [-0.1, -0.05) is 30.3 Å². The molecule has 1 aromatic rings. The van der Waals surface area contributed by atoms with Gasteiger partial charge in [-0.3, -0.25) is 4.79 Å². The highest BCUT2D eigenvalue weighted by Crippen LogP contribution is 2.20. The fraction of sp³-hybridized carbons (Fsp3) is 0.500. The van der Waals surface area contributed by atoms with Crippen molar-refractivity contribution in [2.24, 2.45) is 0 Å². The molecule has 2 rings (SSSR count). The van der Waals surface area contributed by atoms with Gasteiger partial charge in [0.25, 0.3) is 0 Å². The van der Waals surface area contributed by atoms with E-state index in [4.69, 9.17) is 0 Å². The zero-order valence-corrected chi connectivity index (χ0v) is 11.0. The van der Waals surface area contributed by atoms with Crippen molar-refractivity contribution in [1.29, 1.82) is 0 Å². The summed E-state index contributed by atoms with van der Waals surface area (Å²) in [7, 11) is 0. The number of nitrogens with one attached hydrogen (secondary N) is 1. The van der Waals surface area contributed by atoms with Gasteiger partial charge in [-0.2, -0.15) is 13.2 Å². The van der Waals surface area contributed by atoms with E-state index < -0.39 is 18.8 Å². The van der Waals surface area contributed by atoms with Gasteiger partial charge in [0.05, 0.1) is 12.6 Å². The predicted molar refractivity (Wildman–Crippen MR) is 69.1 cm³/mol. The third-order valence-corrected chi connectivity index (χ3v) is 3.33. The van der Waals surface area contributed by atoms with Crippen molar-refractivity contribution in [2.45, 2.75) is 25.1 Å². The zero-order valence-electron chi connectivity index (χ0n) is 11.0. The Bertz CT molecular complexity index is 447. The fourth-order valence-corrected chi connectivity index (χ4v) is 2.33. The first-order chi connectivity index (χ1) is 9.46. The molecule has 20 heavy (non-hydrogen) atoms. The largest absolute Gasteiger partial charge is 0.401 e. The summed E-state index contributed by atoms with van der Waals surface area (Å²) >= 11 is 0. The molecule has 1 N–H and O–H groups in total. The lowest BCUT2D eigenvalue weighted by atomic mass is 10.1. The molecule has 6 heteroatoms. The number of likely N-dealkylation sites (tertiary alicyclic amines) is 1. The van der Waals surface area contributed by atoms with Crippen LogP contribution in [0.4, 0.5) is 13.2 Å². The van der Waals surface area contributed by atoms with Crippen LogP contribution in [-0.4, -0.2) is 36.6 Å². The molecule has 0 aromatic heterocycles. The Morgan fingerprint density at radius 2 is 1.95 bits per heavy atom. The molecule has 1 unspecified atom stereocenters. The number of rotatable bonds is 5. The molecule has 3 nitrogen and oxygen atoms in total. The molecular weight excluding hydrogens is 269 g/mol. The van der Waals surface area contributed by atoms with Crippen molar-refractivity contribution in [3.05, 3.63) is 35.9 Å². The molecule has 1 atom stereocenters. The maximum Gasteiger partial charge on any atom is 0.401 e. The van der Waals surface area contributed by atoms with Crippen molar-refractivity contribution < 1.29 is 18.0 Å². The summed E-state index contributed by atoms with van der Waals surface area (Å²) in [5.74, 6) is 0.0136. The maximum atomic E-state index is 12.4. The van der Waals surface area contributed by atoms with Crippen molar-refractivity contribution in [2.75, 3.05) is 19.6 Å². The Balaban J connectivity index is 2.05. The molecular formula is C14H17F3N2O. The third kappa shape index (κ3) is 4.23. The van der Waals surface area contributed by atoms with E-state index in [1.807, 2.05) is 6.07 Å². The molecule has 0 radical (unpaired) electrons. The monoisotopic (exact) mass is 286 g/mol. The van der Waals surface area contributed by atoms with Gasteiger partial charge in [-0.25, -0.2) is 0 Å². The van der Waals surface area contributed by atoms with Gasteiger partial charge < -0.3 is 10.2 Å². The molecule has 110 valence electrons. The molecule has 0 bridgehead atoms. The fourth-order valence-electron chi connectivity index (χ4n) is 2.33. The topological polar surface area (TPSA) is 32.3 Å². The molecule has 0 spiro atoms. The van der Waals surface area contributed by atoms with Gasteiger partial charge in [0.1, 0.15) is 0 Å². The van der Waals surface area contributed by atoms with Gasteiger partial charge >= 0.3 is 6.18 Å². The second-order valence-electron chi connectivity index (χ2n) is 4.90. The van der Waals surface area contributed by atoms with Crippen LogP contribution in [0, 0.1) is 0 Å². The zero-order chi connectivity index (χ0) is 14.6. The summed E-state index contributed by atoms with van der Waals surface area (Å²) in [6.45, 7) is -0.163. The molecule has 1 heterocycles. The number of halogens is 3. The number of hydrogen-bond acceptors (Lipinski definition) is 2. The van der Waals surface area contributed by atoms with E-state index >= 15 is 0 Å². The first kappa shape index (κ1) is 14.8. The molecule has 1 amide bonds. The lowest BCUT2D eigenvalue weighted by Crippen LogP contribution is -2.39. The summed E-state index contributed by atoms with van der Waals surface area (Å²) < 4.78 is 37.1. The van der Waals surface area contributed by atoms with Crippen LogP contribution in [0.25, 0.3) is 0 Å². The van der Waals surface area contributed by atoms with Gasteiger partial charge in [-0.15, -0.1) is 0 Å². The number of carbonyl (C=O) groups excluding carboxylic acids is 1. The summed E-state index contributed by atoms with van der Waals surface area (Å²) in [5, 5.41) is 2.50. The smallest absolute Gasteiger partial charge is 0.341 e. The molecule has 0 saturated carbocycles. The molecule has 1 aliphatic heterocycles. The van der Waals surface area contributed by atoms with Crippen molar-refractivity contribution in [1.82, 2.24) is 10.2 Å². The number of hydrogen-bond donors (Lipinski definition) is 1. The minimum atomic E-state index is -4.26. The van der Waals surface area contributed by atoms with E-state index in [1.54, 1.807) is 29.2 Å². The van der Waals surface area contributed by atoms with Crippen molar-refractivity contribution in [3.8, 4) is 0 Å². The van der Waals surface area contributed by atoms with Crippen LogP contribution < -0.4 is 5.32 Å². The summed E-state index contributed by atoms with van der Waals surface area (Å²) in [4.78, 5) is 13.2. The lowest BCUT2D eigenvalue weighted by Gasteiger charge is -2.25. The first-order valence-electron chi connectivity index (χ1n) is 6.58. The average molecular weight is 286 g/mol. The number of benzene rings is 1. The number of amides is 1. The van der Waals surface area contributed by atoms with E-state index in [-0.39, 0.29) is 12.5 Å². The number of nitrogens with zero attached hydrogens (tertiary/aromatic N) is 1. The SMILES string of the molecule is O=C1CCCN1CC(NCC(F)(F)F)c1ccccc1. The normalized spacial score (nSPS) is 17.6. The highest BCUT2D eigenvalue weighted by Gasteiger charge is 2.30. The predicted octanol–water partition coefficient (Wildman–Crippen LogP) is 2.50. The Kier molecular flexibility index (Phi) is 4.65. The first-order valence-corrected chi connectivity index (χ1v) is 6.58. The minimum Gasteiger partial charge on any atom is -0.341 e. The van der Waals surface area contributed by atoms with Crippen molar-refractivity contribution >= 4 is 5.91 Å². The maximum absolute atomic E-state index is 12.4. The Morgan fingerprint density at radius 1 is 1.25 bits per heavy atom.